The van der Waals surface area contributed by atoms with Crippen LogP contribution in [0.4, 0.5) is 4.39 Å². The number of benzene rings is 1. The van der Waals surface area contributed by atoms with E-state index < -0.39 is 11.7 Å². The van der Waals surface area contributed by atoms with Crippen LogP contribution in [0.3, 0.4) is 0 Å². The molecule has 1 aromatic rings. The molecule has 0 aliphatic heterocycles. The Bertz CT molecular complexity index is 368. The summed E-state index contributed by atoms with van der Waals surface area (Å²) in [6.45, 7) is 0. The summed E-state index contributed by atoms with van der Waals surface area (Å²) in [6.07, 6.45) is 0. The summed E-state index contributed by atoms with van der Waals surface area (Å²) < 4.78 is 18.1. The number of ether oxygens (including phenoxy) is 1. The lowest BCUT2D eigenvalue weighted by atomic mass is 10.2. The molecule has 82 valence electrons. The van der Waals surface area contributed by atoms with Crippen molar-refractivity contribution in [2.24, 2.45) is 0 Å². The zero-order valence-corrected chi connectivity index (χ0v) is 8.78. The Labute approximate surface area is 87.2 Å². The lowest BCUT2D eigenvalue weighted by Crippen LogP contribution is -2.26. The zero-order valence-electron chi connectivity index (χ0n) is 8.78. The highest BCUT2D eigenvalue weighted by Gasteiger charge is 2.18. The number of carbonyl (C=O) groups excluding carboxylic acids is 1. The summed E-state index contributed by atoms with van der Waals surface area (Å²) in [5, 5.41) is 0.997. The molecule has 1 aromatic carbocycles. The number of methoxy groups -OCH3 is 1. The van der Waals surface area contributed by atoms with Gasteiger partial charge in [0.25, 0.3) is 5.91 Å². The van der Waals surface area contributed by atoms with E-state index in [0.29, 0.717) is 0 Å². The molecule has 4 nitrogen and oxygen atoms in total. The lowest BCUT2D eigenvalue weighted by molar-refractivity contribution is -0.0758. The number of rotatable bonds is 3. The van der Waals surface area contributed by atoms with Gasteiger partial charge in [-0.2, -0.15) is 0 Å². The minimum absolute atomic E-state index is 0.0774. The fraction of sp³-hybridized carbons (Fsp3) is 0.300. The maximum absolute atomic E-state index is 13.2. The Morgan fingerprint density at radius 3 is 2.60 bits per heavy atom. The molecule has 0 aliphatic rings. The Balaban J connectivity index is 3.13. The normalized spacial score (nSPS) is 9.87. The first-order chi connectivity index (χ1) is 7.11. The van der Waals surface area contributed by atoms with E-state index in [4.69, 9.17) is 9.57 Å². The molecule has 0 aliphatic carbocycles. The predicted molar refractivity (Wildman–Crippen MR) is 52.1 cm³/mol. The van der Waals surface area contributed by atoms with E-state index in [0.717, 1.165) is 5.06 Å². The molecule has 0 heterocycles. The van der Waals surface area contributed by atoms with Crippen molar-refractivity contribution in [2.45, 2.75) is 0 Å². The fourth-order valence-corrected chi connectivity index (χ4v) is 1.14. The number of hydrogen-bond donors (Lipinski definition) is 0. The average molecular weight is 213 g/mol. The SMILES string of the molecule is COc1c(F)cccc1C(=O)N(C)OC. The van der Waals surface area contributed by atoms with Gasteiger partial charge in [-0.25, -0.2) is 9.45 Å². The minimum Gasteiger partial charge on any atom is -0.493 e. The van der Waals surface area contributed by atoms with Gasteiger partial charge in [-0.3, -0.25) is 9.63 Å². The van der Waals surface area contributed by atoms with E-state index in [2.05, 4.69) is 0 Å². The summed E-state index contributed by atoms with van der Waals surface area (Å²) >= 11 is 0. The molecule has 0 saturated heterocycles. The first-order valence-electron chi connectivity index (χ1n) is 4.26. The van der Waals surface area contributed by atoms with Crippen LogP contribution in [0.2, 0.25) is 0 Å². The van der Waals surface area contributed by atoms with Gasteiger partial charge in [0, 0.05) is 7.05 Å². The second-order valence-corrected chi connectivity index (χ2v) is 2.81. The summed E-state index contributed by atoms with van der Waals surface area (Å²) in [5.74, 6) is -1.12. The molecule has 1 rings (SSSR count). The van der Waals surface area contributed by atoms with Gasteiger partial charge in [0.1, 0.15) is 0 Å². The van der Waals surface area contributed by atoms with Crippen LogP contribution in [-0.4, -0.2) is 32.2 Å². The van der Waals surface area contributed by atoms with Gasteiger partial charge in [-0.15, -0.1) is 0 Å². The zero-order chi connectivity index (χ0) is 11.4. The Kier molecular flexibility index (Phi) is 3.62. The van der Waals surface area contributed by atoms with Crippen molar-refractivity contribution in [2.75, 3.05) is 21.3 Å². The largest absolute Gasteiger partial charge is 0.493 e. The van der Waals surface area contributed by atoms with Crippen molar-refractivity contribution in [3.8, 4) is 5.75 Å². The highest BCUT2D eigenvalue weighted by Crippen LogP contribution is 2.23. The van der Waals surface area contributed by atoms with Crippen molar-refractivity contribution in [3.63, 3.8) is 0 Å². The van der Waals surface area contributed by atoms with E-state index in [1.165, 1.54) is 39.5 Å². The standard InChI is InChI=1S/C10H12FNO3/c1-12(15-3)10(13)7-5-4-6-8(11)9(7)14-2/h4-6H,1-3H3. The van der Waals surface area contributed by atoms with E-state index in [1.54, 1.807) is 0 Å². The van der Waals surface area contributed by atoms with Gasteiger partial charge >= 0.3 is 0 Å². The highest BCUT2D eigenvalue weighted by molar-refractivity contribution is 5.96. The molecule has 0 spiro atoms. The van der Waals surface area contributed by atoms with Gasteiger partial charge in [0.2, 0.25) is 0 Å². The molecular formula is C10H12FNO3. The number of para-hydroxylation sites is 1. The minimum atomic E-state index is -0.576. The molecule has 0 radical (unpaired) electrons. The third-order valence-corrected chi connectivity index (χ3v) is 1.96. The van der Waals surface area contributed by atoms with Crippen LogP contribution >= 0.6 is 0 Å². The molecule has 0 bridgehead atoms. The summed E-state index contributed by atoms with van der Waals surface area (Å²) in [7, 11) is 4.10. The molecule has 5 heteroatoms. The molecular weight excluding hydrogens is 201 g/mol. The number of carbonyl (C=O) groups is 1. The first kappa shape index (κ1) is 11.5. The second kappa shape index (κ2) is 4.75. The fourth-order valence-electron chi connectivity index (χ4n) is 1.14. The third kappa shape index (κ3) is 2.24. The van der Waals surface area contributed by atoms with Crippen molar-refractivity contribution in [1.29, 1.82) is 0 Å². The number of hydroxylamine groups is 2. The summed E-state index contributed by atoms with van der Waals surface area (Å²) in [6, 6.07) is 4.14. The molecule has 0 saturated carbocycles. The number of hydrogen-bond acceptors (Lipinski definition) is 3. The molecule has 0 fully saturated rings. The predicted octanol–water partition coefficient (Wildman–Crippen LogP) is 1.47. The lowest BCUT2D eigenvalue weighted by Gasteiger charge is -2.15. The maximum atomic E-state index is 13.2. The van der Waals surface area contributed by atoms with Crippen LogP contribution in [0, 0.1) is 5.82 Å². The van der Waals surface area contributed by atoms with Crippen LogP contribution in [-0.2, 0) is 4.84 Å². The molecule has 0 N–H and O–H groups in total. The van der Waals surface area contributed by atoms with Crippen LogP contribution in [0.25, 0.3) is 0 Å². The van der Waals surface area contributed by atoms with Gasteiger partial charge in [-0.1, -0.05) is 6.07 Å². The van der Waals surface area contributed by atoms with Crippen LogP contribution in [0.5, 0.6) is 5.75 Å². The van der Waals surface area contributed by atoms with Crippen molar-refractivity contribution in [3.05, 3.63) is 29.6 Å². The topological polar surface area (TPSA) is 38.8 Å². The van der Waals surface area contributed by atoms with Crippen molar-refractivity contribution in [1.82, 2.24) is 5.06 Å². The van der Waals surface area contributed by atoms with E-state index >= 15 is 0 Å². The number of amides is 1. The monoisotopic (exact) mass is 213 g/mol. The molecule has 15 heavy (non-hydrogen) atoms. The second-order valence-electron chi connectivity index (χ2n) is 2.81. The van der Waals surface area contributed by atoms with E-state index in [1.807, 2.05) is 0 Å². The smallest absolute Gasteiger partial charge is 0.281 e. The molecule has 0 aromatic heterocycles. The summed E-state index contributed by atoms with van der Waals surface area (Å²) in [4.78, 5) is 16.4. The maximum Gasteiger partial charge on any atom is 0.281 e. The van der Waals surface area contributed by atoms with Gasteiger partial charge < -0.3 is 4.74 Å². The summed E-state index contributed by atoms with van der Waals surface area (Å²) in [5.41, 5.74) is 0.127. The van der Waals surface area contributed by atoms with Gasteiger partial charge in [-0.05, 0) is 12.1 Å². The van der Waals surface area contributed by atoms with Crippen molar-refractivity contribution >= 4 is 5.91 Å². The van der Waals surface area contributed by atoms with E-state index in [9.17, 15) is 9.18 Å². The number of halogens is 1. The number of nitrogens with zero attached hydrogens (tertiary/aromatic N) is 1. The van der Waals surface area contributed by atoms with E-state index in [-0.39, 0.29) is 11.3 Å². The average Bonchev–Trinajstić information content (AvgIpc) is 2.26. The van der Waals surface area contributed by atoms with Crippen LogP contribution in [0.1, 0.15) is 10.4 Å². The van der Waals surface area contributed by atoms with Gasteiger partial charge in [0.05, 0.1) is 19.8 Å². The van der Waals surface area contributed by atoms with Crippen molar-refractivity contribution < 1.29 is 18.8 Å². The molecule has 0 unspecified atom stereocenters. The van der Waals surface area contributed by atoms with Gasteiger partial charge in [0.15, 0.2) is 11.6 Å². The Morgan fingerprint density at radius 2 is 2.07 bits per heavy atom. The van der Waals surface area contributed by atoms with Crippen LogP contribution < -0.4 is 4.74 Å². The van der Waals surface area contributed by atoms with Crippen LogP contribution in [0.15, 0.2) is 18.2 Å². The Hall–Kier alpha value is -1.62. The third-order valence-electron chi connectivity index (χ3n) is 1.96. The molecule has 1 amide bonds. The quantitative estimate of drug-likeness (QED) is 0.713. The molecule has 0 atom stereocenters. The Morgan fingerprint density at radius 1 is 1.40 bits per heavy atom. The first-order valence-corrected chi connectivity index (χ1v) is 4.26. The highest BCUT2D eigenvalue weighted by atomic mass is 19.1.